The highest BCUT2D eigenvalue weighted by Gasteiger charge is 2.30. The van der Waals surface area contributed by atoms with Gasteiger partial charge in [-0.25, -0.2) is 0 Å². The smallest absolute Gasteiger partial charge is 0.385 e. The van der Waals surface area contributed by atoms with Gasteiger partial charge in [0.1, 0.15) is 0 Å². The lowest BCUT2D eigenvalue weighted by atomic mass is 9.99. The zero-order chi connectivity index (χ0) is 14.3. The van der Waals surface area contributed by atoms with Crippen molar-refractivity contribution in [3.05, 3.63) is 29.8 Å². The first-order chi connectivity index (χ1) is 8.97. The molecule has 108 valence electrons. The van der Waals surface area contributed by atoms with Crippen LogP contribution in [0, 0.1) is 5.92 Å². The summed E-state index contributed by atoms with van der Waals surface area (Å²) in [6, 6.07) is 5.39. The van der Waals surface area contributed by atoms with Crippen LogP contribution in [0.1, 0.15) is 45.1 Å². The quantitative estimate of drug-likeness (QED) is 0.707. The Balaban J connectivity index is 2.57. The van der Waals surface area contributed by atoms with Gasteiger partial charge in [-0.05, 0) is 30.5 Å². The van der Waals surface area contributed by atoms with Crippen LogP contribution in [0.25, 0.3) is 0 Å². The van der Waals surface area contributed by atoms with Gasteiger partial charge < -0.3 is 5.32 Å². The van der Waals surface area contributed by atoms with Crippen LogP contribution in [0.15, 0.2) is 24.3 Å². The number of rotatable bonds is 7. The van der Waals surface area contributed by atoms with E-state index in [2.05, 4.69) is 19.2 Å². The third kappa shape index (κ3) is 5.53. The minimum Gasteiger partial charge on any atom is -0.385 e. The van der Waals surface area contributed by atoms with Crippen LogP contribution >= 0.6 is 0 Å². The molecule has 1 aromatic rings. The second-order valence-corrected chi connectivity index (χ2v) is 4.88. The van der Waals surface area contributed by atoms with Crippen molar-refractivity contribution in [2.24, 2.45) is 5.92 Å². The number of halogens is 3. The summed E-state index contributed by atoms with van der Waals surface area (Å²) in [4.78, 5) is 0. The topological polar surface area (TPSA) is 12.0 Å². The summed E-state index contributed by atoms with van der Waals surface area (Å²) in [5.41, 5.74) is -0.0520. The molecular weight excluding hydrogens is 251 g/mol. The number of nitrogens with one attached hydrogen (secondary N) is 1. The van der Waals surface area contributed by atoms with Gasteiger partial charge in [-0.1, -0.05) is 39.2 Å². The van der Waals surface area contributed by atoms with E-state index in [1.807, 2.05) is 0 Å². The van der Waals surface area contributed by atoms with Crippen LogP contribution < -0.4 is 5.32 Å². The van der Waals surface area contributed by atoms with Gasteiger partial charge in [0.2, 0.25) is 0 Å². The highest BCUT2D eigenvalue weighted by Crippen LogP contribution is 2.30. The Kier molecular flexibility index (Phi) is 6.19. The number of anilines is 1. The largest absolute Gasteiger partial charge is 0.416 e. The molecule has 1 aromatic carbocycles. The molecule has 1 atom stereocenters. The van der Waals surface area contributed by atoms with E-state index in [1.54, 1.807) is 6.07 Å². The molecule has 0 heterocycles. The molecule has 0 amide bonds. The van der Waals surface area contributed by atoms with Crippen molar-refractivity contribution in [3.63, 3.8) is 0 Å². The van der Waals surface area contributed by atoms with Crippen LogP contribution in [0.3, 0.4) is 0 Å². The van der Waals surface area contributed by atoms with Gasteiger partial charge in [-0.2, -0.15) is 13.2 Å². The van der Waals surface area contributed by atoms with E-state index in [9.17, 15) is 13.2 Å². The summed E-state index contributed by atoms with van der Waals surface area (Å²) in [5, 5.41) is 3.12. The van der Waals surface area contributed by atoms with E-state index in [0.717, 1.165) is 31.9 Å². The molecule has 0 spiro atoms. The van der Waals surface area contributed by atoms with Gasteiger partial charge in [0.15, 0.2) is 0 Å². The number of hydrogen-bond donors (Lipinski definition) is 1. The van der Waals surface area contributed by atoms with Gasteiger partial charge in [-0.15, -0.1) is 0 Å². The second kappa shape index (κ2) is 7.41. The Hall–Kier alpha value is -1.19. The van der Waals surface area contributed by atoms with Crippen molar-refractivity contribution in [1.82, 2.24) is 0 Å². The number of benzene rings is 1. The fourth-order valence-corrected chi connectivity index (χ4v) is 2.01. The van der Waals surface area contributed by atoms with Gasteiger partial charge in [0.05, 0.1) is 5.56 Å². The zero-order valence-corrected chi connectivity index (χ0v) is 11.6. The van der Waals surface area contributed by atoms with Crippen LogP contribution in [-0.2, 0) is 6.18 Å². The fraction of sp³-hybridized carbons (Fsp3) is 0.600. The maximum Gasteiger partial charge on any atom is 0.416 e. The van der Waals surface area contributed by atoms with Crippen LogP contribution in [0.4, 0.5) is 18.9 Å². The van der Waals surface area contributed by atoms with Gasteiger partial charge >= 0.3 is 6.18 Å². The molecule has 4 heteroatoms. The summed E-state index contributed by atoms with van der Waals surface area (Å²) in [6.07, 6.45) is 0.220. The Labute approximate surface area is 113 Å². The molecule has 0 fully saturated rings. The van der Waals surface area contributed by atoms with E-state index >= 15 is 0 Å². The summed E-state index contributed by atoms with van der Waals surface area (Å²) in [7, 11) is 0. The molecule has 19 heavy (non-hydrogen) atoms. The van der Waals surface area contributed by atoms with Gasteiger partial charge in [0, 0.05) is 12.2 Å². The molecule has 0 saturated carbocycles. The van der Waals surface area contributed by atoms with E-state index in [1.165, 1.54) is 18.6 Å². The van der Waals surface area contributed by atoms with Crippen molar-refractivity contribution < 1.29 is 13.2 Å². The number of alkyl halides is 3. The lowest BCUT2D eigenvalue weighted by Crippen LogP contribution is -2.14. The highest BCUT2D eigenvalue weighted by atomic mass is 19.4. The van der Waals surface area contributed by atoms with E-state index in [4.69, 9.17) is 0 Å². The Bertz CT molecular complexity index is 374. The molecule has 0 aliphatic carbocycles. The van der Waals surface area contributed by atoms with E-state index in [-0.39, 0.29) is 0 Å². The molecule has 1 N–H and O–H groups in total. The molecule has 0 saturated heterocycles. The monoisotopic (exact) mass is 273 g/mol. The maximum absolute atomic E-state index is 12.6. The normalized spacial score (nSPS) is 13.3. The summed E-state index contributed by atoms with van der Waals surface area (Å²) in [5.74, 6) is 0.523. The first-order valence-electron chi connectivity index (χ1n) is 6.88. The van der Waals surface area contributed by atoms with Gasteiger partial charge in [-0.3, -0.25) is 0 Å². The first-order valence-corrected chi connectivity index (χ1v) is 6.88. The van der Waals surface area contributed by atoms with Crippen LogP contribution in [0.5, 0.6) is 0 Å². The predicted molar refractivity (Wildman–Crippen MR) is 73.2 cm³/mol. The van der Waals surface area contributed by atoms with E-state index < -0.39 is 11.7 Å². The molecule has 0 aliphatic rings. The average molecular weight is 273 g/mol. The Morgan fingerprint density at radius 2 is 1.95 bits per heavy atom. The lowest BCUT2D eigenvalue weighted by Gasteiger charge is -2.17. The van der Waals surface area contributed by atoms with E-state index in [0.29, 0.717) is 11.6 Å². The van der Waals surface area contributed by atoms with Crippen molar-refractivity contribution >= 4 is 5.69 Å². The third-order valence-corrected chi connectivity index (χ3v) is 3.33. The number of unbranched alkanes of at least 4 members (excludes halogenated alkanes) is 1. The minimum absolute atomic E-state index is 0.523. The van der Waals surface area contributed by atoms with Crippen molar-refractivity contribution in [2.75, 3.05) is 11.9 Å². The van der Waals surface area contributed by atoms with Crippen molar-refractivity contribution in [2.45, 2.75) is 45.7 Å². The summed E-state index contributed by atoms with van der Waals surface area (Å²) < 4.78 is 37.7. The average Bonchev–Trinajstić information content (AvgIpc) is 2.38. The Morgan fingerprint density at radius 1 is 1.21 bits per heavy atom. The minimum atomic E-state index is -4.27. The van der Waals surface area contributed by atoms with Crippen molar-refractivity contribution in [1.29, 1.82) is 0 Å². The first kappa shape index (κ1) is 15.9. The lowest BCUT2D eigenvalue weighted by molar-refractivity contribution is -0.137. The zero-order valence-electron chi connectivity index (χ0n) is 11.6. The van der Waals surface area contributed by atoms with Gasteiger partial charge in [0.25, 0.3) is 0 Å². The summed E-state index contributed by atoms with van der Waals surface area (Å²) in [6.45, 7) is 5.00. The molecule has 0 aliphatic heterocycles. The predicted octanol–water partition coefficient (Wildman–Crippen LogP) is 5.33. The maximum atomic E-state index is 12.6. The molecule has 1 nitrogen and oxygen atoms in total. The third-order valence-electron chi connectivity index (χ3n) is 3.33. The number of hydrogen-bond acceptors (Lipinski definition) is 1. The fourth-order valence-electron chi connectivity index (χ4n) is 2.01. The Morgan fingerprint density at radius 3 is 2.53 bits per heavy atom. The second-order valence-electron chi connectivity index (χ2n) is 4.88. The standard InChI is InChI=1S/C15H22F3N/c1-3-5-7-12(4-2)11-19-14-9-6-8-13(10-14)15(16,17)18/h6,8-10,12,19H,3-5,7,11H2,1-2H3. The highest BCUT2D eigenvalue weighted by molar-refractivity contribution is 5.46. The molecule has 0 aromatic heterocycles. The molecule has 1 unspecified atom stereocenters. The SMILES string of the molecule is CCCCC(CC)CNc1cccc(C(F)(F)F)c1. The molecular formula is C15H22F3N. The molecule has 1 rings (SSSR count). The van der Waals surface area contributed by atoms with Crippen molar-refractivity contribution in [3.8, 4) is 0 Å². The van der Waals surface area contributed by atoms with Crippen LogP contribution in [-0.4, -0.2) is 6.54 Å². The summed E-state index contributed by atoms with van der Waals surface area (Å²) >= 11 is 0. The van der Waals surface area contributed by atoms with Crippen LogP contribution in [0.2, 0.25) is 0 Å². The molecule has 0 radical (unpaired) electrons. The molecule has 0 bridgehead atoms.